The minimum atomic E-state index is -0.434. The summed E-state index contributed by atoms with van der Waals surface area (Å²) in [6.45, 7) is 3.29. The molecule has 6 rings (SSSR count). The Labute approximate surface area is 214 Å². The van der Waals surface area contributed by atoms with Gasteiger partial charge >= 0.3 is 0 Å². The lowest BCUT2D eigenvalue weighted by atomic mass is 9.95. The molecule has 2 aliphatic heterocycles. The predicted octanol–water partition coefficient (Wildman–Crippen LogP) is 5.44. The molecule has 37 heavy (non-hydrogen) atoms. The van der Waals surface area contributed by atoms with Gasteiger partial charge in [-0.3, -0.25) is 9.89 Å². The van der Waals surface area contributed by atoms with Crippen LogP contribution in [0, 0.1) is 0 Å². The highest BCUT2D eigenvalue weighted by atomic mass is 16.7. The highest BCUT2D eigenvalue weighted by Gasteiger charge is 2.42. The van der Waals surface area contributed by atoms with Gasteiger partial charge in [0.1, 0.15) is 22.9 Å². The van der Waals surface area contributed by atoms with E-state index in [9.17, 15) is 9.90 Å². The zero-order chi connectivity index (χ0) is 25.4. The van der Waals surface area contributed by atoms with Crippen molar-refractivity contribution in [1.82, 2.24) is 15.1 Å². The number of carbonyl (C=O) groups excluding carboxylic acids is 1. The van der Waals surface area contributed by atoms with Crippen molar-refractivity contribution in [2.45, 2.75) is 32.4 Å². The number of nitrogens with one attached hydrogen (secondary N) is 1. The van der Waals surface area contributed by atoms with Gasteiger partial charge in [-0.2, -0.15) is 5.10 Å². The average molecular weight is 498 g/mol. The summed E-state index contributed by atoms with van der Waals surface area (Å²) in [5.74, 6) is 2.06. The summed E-state index contributed by atoms with van der Waals surface area (Å²) in [6, 6.07) is 20.2. The van der Waals surface area contributed by atoms with E-state index in [2.05, 4.69) is 17.1 Å². The highest BCUT2D eigenvalue weighted by Crippen LogP contribution is 2.46. The summed E-state index contributed by atoms with van der Waals surface area (Å²) in [5, 5.41) is 18.0. The van der Waals surface area contributed by atoms with Crippen LogP contribution >= 0.6 is 0 Å². The Bertz CT molecular complexity index is 1460. The third-order valence-electron chi connectivity index (χ3n) is 6.75. The quantitative estimate of drug-likeness (QED) is 0.315. The van der Waals surface area contributed by atoms with E-state index in [4.69, 9.17) is 14.2 Å². The normalized spacial score (nSPS) is 15.8. The van der Waals surface area contributed by atoms with E-state index >= 15 is 0 Å². The first-order valence-corrected chi connectivity index (χ1v) is 12.4. The maximum Gasteiger partial charge on any atom is 0.273 e. The van der Waals surface area contributed by atoms with Crippen molar-refractivity contribution in [1.29, 1.82) is 0 Å². The summed E-state index contributed by atoms with van der Waals surface area (Å²) in [5.41, 5.74) is 4.09. The largest absolute Gasteiger partial charge is 0.507 e. The molecule has 0 fully saturated rings. The number of phenolic OH excluding ortho intramolecular Hbond substituents is 1. The van der Waals surface area contributed by atoms with Gasteiger partial charge in [-0.15, -0.1) is 0 Å². The molecule has 3 aromatic carbocycles. The van der Waals surface area contributed by atoms with Crippen LogP contribution in [-0.4, -0.2) is 39.5 Å². The van der Waals surface area contributed by atoms with E-state index in [1.54, 1.807) is 18.2 Å². The molecule has 0 radical (unpaired) electrons. The Balaban J connectivity index is 1.43. The van der Waals surface area contributed by atoms with Gasteiger partial charge in [0.25, 0.3) is 5.91 Å². The van der Waals surface area contributed by atoms with E-state index in [1.165, 1.54) is 0 Å². The first-order chi connectivity index (χ1) is 18.1. The first kappa shape index (κ1) is 23.0. The molecule has 0 unspecified atom stereocenters. The molecule has 0 saturated heterocycles. The molecule has 1 aromatic heterocycles. The van der Waals surface area contributed by atoms with Gasteiger partial charge in [0.2, 0.25) is 6.79 Å². The molecular weight excluding hydrogens is 470 g/mol. The summed E-state index contributed by atoms with van der Waals surface area (Å²) >= 11 is 0. The summed E-state index contributed by atoms with van der Waals surface area (Å²) < 4.78 is 17.0. The summed E-state index contributed by atoms with van der Waals surface area (Å²) in [6.07, 6.45) is 2.01. The number of hydrogen-bond donors (Lipinski definition) is 2. The molecule has 0 aliphatic carbocycles. The Morgan fingerprint density at radius 3 is 2.81 bits per heavy atom. The van der Waals surface area contributed by atoms with Crippen LogP contribution in [0.25, 0.3) is 11.3 Å². The lowest BCUT2D eigenvalue weighted by molar-refractivity contribution is 0.0729. The number of amides is 1. The van der Waals surface area contributed by atoms with Crippen LogP contribution in [0.15, 0.2) is 66.7 Å². The van der Waals surface area contributed by atoms with E-state index in [0.29, 0.717) is 41.6 Å². The Morgan fingerprint density at radius 1 is 1.08 bits per heavy atom. The number of aromatic amines is 1. The van der Waals surface area contributed by atoms with Crippen LogP contribution in [0.2, 0.25) is 0 Å². The SMILES string of the molecule is CCCCOc1cccc([C@@H]2c3c(-c4ccccc4O)n[nH]c3C(=O)N2Cc2ccc3c(c2)OCO3)c1. The molecular formula is C29H27N3O5. The number of hydrogen-bond acceptors (Lipinski definition) is 6. The van der Waals surface area contributed by atoms with Gasteiger partial charge in [0, 0.05) is 17.7 Å². The summed E-state index contributed by atoms with van der Waals surface area (Å²) in [4.78, 5) is 15.6. The van der Waals surface area contributed by atoms with Crippen molar-refractivity contribution in [3.05, 3.63) is 89.1 Å². The third kappa shape index (κ3) is 4.14. The average Bonchev–Trinajstić information content (AvgIpc) is 3.61. The smallest absolute Gasteiger partial charge is 0.273 e. The van der Waals surface area contributed by atoms with Crippen LogP contribution in [0.5, 0.6) is 23.0 Å². The number of aromatic nitrogens is 2. The van der Waals surface area contributed by atoms with E-state index in [-0.39, 0.29) is 18.4 Å². The minimum absolute atomic E-state index is 0.105. The third-order valence-corrected chi connectivity index (χ3v) is 6.75. The van der Waals surface area contributed by atoms with Gasteiger partial charge in [0.05, 0.1) is 12.6 Å². The van der Waals surface area contributed by atoms with Gasteiger partial charge in [-0.05, 0) is 53.9 Å². The second-order valence-electron chi connectivity index (χ2n) is 9.18. The zero-order valence-electron chi connectivity index (χ0n) is 20.4. The monoisotopic (exact) mass is 497 g/mol. The highest BCUT2D eigenvalue weighted by molar-refractivity contribution is 6.00. The number of fused-ring (bicyclic) bond motifs is 2. The van der Waals surface area contributed by atoms with Gasteiger partial charge < -0.3 is 24.2 Å². The number of phenols is 1. The van der Waals surface area contributed by atoms with Crippen LogP contribution in [0.4, 0.5) is 0 Å². The molecule has 0 bridgehead atoms. The Hall–Kier alpha value is -4.46. The number of ether oxygens (including phenoxy) is 3. The van der Waals surface area contributed by atoms with Crippen molar-refractivity contribution >= 4 is 5.91 Å². The standard InChI is InChI=1S/C29H27N3O5/c1-2-3-13-35-20-8-6-7-19(15-20)28-25-26(21-9-4-5-10-22(21)33)30-31-27(25)29(34)32(28)16-18-11-12-23-24(14-18)37-17-36-23/h4-12,14-15,28,33H,2-3,13,16-17H2,1H3,(H,30,31)/t28-/m1/s1. The van der Waals surface area contributed by atoms with Gasteiger partial charge in [-0.1, -0.05) is 43.7 Å². The molecule has 8 heteroatoms. The number of rotatable bonds is 8. The molecule has 188 valence electrons. The zero-order valence-corrected chi connectivity index (χ0v) is 20.4. The van der Waals surface area contributed by atoms with E-state index in [1.807, 2.05) is 53.4 Å². The molecule has 4 aromatic rings. The van der Waals surface area contributed by atoms with Crippen molar-refractivity contribution in [2.75, 3.05) is 13.4 Å². The fourth-order valence-corrected chi connectivity index (χ4v) is 4.93. The van der Waals surface area contributed by atoms with Crippen LogP contribution in [0.1, 0.15) is 53.0 Å². The Morgan fingerprint density at radius 2 is 1.95 bits per heavy atom. The minimum Gasteiger partial charge on any atom is -0.507 e. The molecule has 3 heterocycles. The number of H-pyrrole nitrogens is 1. The number of unbranched alkanes of at least 4 members (excludes halogenated alkanes) is 1. The fraction of sp³-hybridized carbons (Fsp3) is 0.241. The van der Waals surface area contributed by atoms with Crippen LogP contribution in [-0.2, 0) is 6.54 Å². The number of carbonyl (C=O) groups is 1. The number of nitrogens with zero attached hydrogens (tertiary/aromatic N) is 2. The lowest BCUT2D eigenvalue weighted by Gasteiger charge is -2.27. The number of aromatic hydroxyl groups is 1. The molecule has 1 amide bonds. The van der Waals surface area contributed by atoms with Gasteiger partial charge in [-0.25, -0.2) is 0 Å². The fourth-order valence-electron chi connectivity index (χ4n) is 4.93. The second kappa shape index (κ2) is 9.54. The molecule has 8 nitrogen and oxygen atoms in total. The Kier molecular flexibility index (Phi) is 5.92. The molecule has 1 atom stereocenters. The van der Waals surface area contributed by atoms with Crippen molar-refractivity contribution in [2.24, 2.45) is 0 Å². The molecule has 0 saturated carbocycles. The predicted molar refractivity (Wildman–Crippen MR) is 137 cm³/mol. The molecule has 0 spiro atoms. The van der Waals surface area contributed by atoms with Gasteiger partial charge in [0.15, 0.2) is 11.5 Å². The molecule has 2 N–H and O–H groups in total. The second-order valence-corrected chi connectivity index (χ2v) is 9.18. The lowest BCUT2D eigenvalue weighted by Crippen LogP contribution is -2.29. The number of para-hydroxylation sites is 1. The first-order valence-electron chi connectivity index (χ1n) is 12.4. The van der Waals surface area contributed by atoms with Crippen molar-refractivity contribution < 1.29 is 24.1 Å². The summed E-state index contributed by atoms with van der Waals surface area (Å²) in [7, 11) is 0. The van der Waals surface area contributed by atoms with Crippen molar-refractivity contribution in [3.8, 4) is 34.3 Å². The maximum absolute atomic E-state index is 13.7. The van der Waals surface area contributed by atoms with E-state index < -0.39 is 6.04 Å². The molecule has 2 aliphatic rings. The van der Waals surface area contributed by atoms with E-state index in [0.717, 1.165) is 35.3 Å². The van der Waals surface area contributed by atoms with Crippen LogP contribution in [0.3, 0.4) is 0 Å². The van der Waals surface area contributed by atoms with Crippen LogP contribution < -0.4 is 14.2 Å². The van der Waals surface area contributed by atoms with Crippen molar-refractivity contribution in [3.63, 3.8) is 0 Å². The topological polar surface area (TPSA) is 96.9 Å². The number of benzene rings is 3. The maximum atomic E-state index is 13.7.